The molecule has 2 saturated carbocycles. The second kappa shape index (κ2) is 14.8. The summed E-state index contributed by atoms with van der Waals surface area (Å²) in [6, 6.07) is 12.7. The molecule has 2 fully saturated rings. The van der Waals surface area contributed by atoms with Crippen LogP contribution >= 0.6 is 11.6 Å². The lowest BCUT2D eigenvalue weighted by molar-refractivity contribution is -0.119. The van der Waals surface area contributed by atoms with Gasteiger partial charge in [-0.3, -0.25) is 4.79 Å². The molecule has 6 rings (SSSR count). The van der Waals surface area contributed by atoms with Gasteiger partial charge in [-0.25, -0.2) is 35.2 Å². The number of nitrogens with zero attached hydrogens (tertiary/aromatic N) is 2. The number of hydrogen-bond donors (Lipinski definition) is 1. The zero-order valence-corrected chi connectivity index (χ0v) is 29.2. The Morgan fingerprint density at radius 3 is 2.08 bits per heavy atom. The van der Waals surface area contributed by atoms with Crippen LogP contribution in [-0.4, -0.2) is 42.9 Å². The van der Waals surface area contributed by atoms with Gasteiger partial charge >= 0.3 is 5.97 Å². The van der Waals surface area contributed by atoms with E-state index < -0.39 is 69.0 Å². The zero-order valence-electron chi connectivity index (χ0n) is 27.6. The molecule has 0 atom stereocenters. The van der Waals surface area contributed by atoms with Gasteiger partial charge in [-0.15, -0.1) is 0 Å². The van der Waals surface area contributed by atoms with Gasteiger partial charge in [0.15, 0.2) is 23.3 Å². The molecule has 0 bridgehead atoms. The molecule has 2 aliphatic carbocycles. The molecule has 4 aromatic rings. The SMILES string of the molecule is CCOc1cc(C(=O)O)ccc1N(Cc1cc(C2CC2)cc(C2CC2)c1)C(=O)CN(Cc1ccc(F)cc1Cl)S(=O)(=O)c1cc(F)c(F)c(F)c1F. The first kappa shape index (κ1) is 37.2. The van der Waals surface area contributed by atoms with Crippen LogP contribution in [0.1, 0.15) is 77.1 Å². The number of hydrogen-bond acceptors (Lipinski definition) is 5. The highest BCUT2D eigenvalue weighted by molar-refractivity contribution is 7.89. The minimum atomic E-state index is -5.36. The van der Waals surface area contributed by atoms with E-state index in [2.05, 4.69) is 6.07 Å². The van der Waals surface area contributed by atoms with Gasteiger partial charge in [0.05, 0.1) is 30.9 Å². The lowest BCUT2D eigenvalue weighted by atomic mass is 9.99. The standard InChI is InChI=1S/C37H32ClF5N2O6S/c1-2-51-31-14-23(37(47)48)8-10-30(31)45(17-20-11-25(21-3-4-21)13-26(12-20)22-5-6-22)33(46)19-44(18-24-7-9-27(39)15-28(24)38)52(49,50)32-16-29(40)34(41)36(43)35(32)42/h7-16,21-22H,2-6,17-19H2,1H3,(H,47,48). The number of carbonyl (C=O) groups excluding carboxylic acids is 1. The Morgan fingerprint density at radius 2 is 1.50 bits per heavy atom. The highest BCUT2D eigenvalue weighted by Crippen LogP contribution is 2.46. The van der Waals surface area contributed by atoms with Crippen molar-refractivity contribution in [2.75, 3.05) is 18.1 Å². The lowest BCUT2D eigenvalue weighted by Crippen LogP contribution is -2.43. The number of rotatable bonds is 14. The number of carbonyl (C=O) groups is 2. The first-order valence-electron chi connectivity index (χ1n) is 16.4. The van der Waals surface area contributed by atoms with Crippen LogP contribution in [0.4, 0.5) is 27.6 Å². The van der Waals surface area contributed by atoms with Crippen molar-refractivity contribution < 1.29 is 49.8 Å². The molecule has 52 heavy (non-hydrogen) atoms. The summed E-state index contributed by atoms with van der Waals surface area (Å²) in [7, 11) is -5.36. The Kier molecular flexibility index (Phi) is 10.6. The minimum Gasteiger partial charge on any atom is -0.492 e. The molecule has 1 amide bonds. The average molecular weight is 763 g/mol. The fraction of sp³-hybridized carbons (Fsp3) is 0.297. The second-order valence-corrected chi connectivity index (χ2v) is 15.1. The van der Waals surface area contributed by atoms with Crippen LogP contribution < -0.4 is 9.64 Å². The Bertz CT molecular complexity index is 2150. The summed E-state index contributed by atoms with van der Waals surface area (Å²) in [5.74, 6) is -11.1. The fourth-order valence-corrected chi connectivity index (χ4v) is 7.62. The van der Waals surface area contributed by atoms with Crippen LogP contribution in [0.25, 0.3) is 0 Å². The quantitative estimate of drug-likeness (QED) is 0.0788. The van der Waals surface area contributed by atoms with Gasteiger partial charge in [-0.05, 0) is 97.0 Å². The van der Waals surface area contributed by atoms with E-state index in [-0.39, 0.29) is 46.8 Å². The summed E-state index contributed by atoms with van der Waals surface area (Å²) >= 11 is 6.20. The van der Waals surface area contributed by atoms with Gasteiger partial charge in [-0.1, -0.05) is 35.9 Å². The van der Waals surface area contributed by atoms with Gasteiger partial charge in [0.2, 0.25) is 15.9 Å². The molecule has 0 unspecified atom stereocenters. The number of ether oxygens (including phenoxy) is 1. The highest BCUT2D eigenvalue weighted by atomic mass is 35.5. The summed E-state index contributed by atoms with van der Waals surface area (Å²) in [4.78, 5) is 26.0. The Balaban J connectivity index is 1.46. The maximum atomic E-state index is 15.1. The molecule has 15 heteroatoms. The van der Waals surface area contributed by atoms with Crippen molar-refractivity contribution in [1.82, 2.24) is 4.31 Å². The van der Waals surface area contributed by atoms with E-state index in [1.807, 2.05) is 12.1 Å². The zero-order chi connectivity index (χ0) is 37.5. The summed E-state index contributed by atoms with van der Waals surface area (Å²) in [6.45, 7) is -0.349. The summed E-state index contributed by atoms with van der Waals surface area (Å²) < 4.78 is 106. The number of benzene rings is 4. The summed E-state index contributed by atoms with van der Waals surface area (Å²) in [5.41, 5.74) is 2.73. The average Bonchev–Trinajstić information content (AvgIpc) is 4.02. The maximum absolute atomic E-state index is 15.1. The molecule has 0 aliphatic heterocycles. The Morgan fingerprint density at radius 1 is 0.846 bits per heavy atom. The van der Waals surface area contributed by atoms with E-state index in [9.17, 15) is 40.7 Å². The predicted molar refractivity (Wildman–Crippen MR) is 181 cm³/mol. The molecule has 4 aromatic carbocycles. The molecule has 0 spiro atoms. The van der Waals surface area contributed by atoms with Crippen molar-refractivity contribution in [3.8, 4) is 5.75 Å². The number of amides is 1. The molecule has 0 radical (unpaired) electrons. The first-order valence-corrected chi connectivity index (χ1v) is 18.2. The van der Waals surface area contributed by atoms with Crippen molar-refractivity contribution >= 4 is 39.2 Å². The monoisotopic (exact) mass is 762 g/mol. The van der Waals surface area contributed by atoms with Crippen molar-refractivity contribution in [2.24, 2.45) is 0 Å². The maximum Gasteiger partial charge on any atom is 0.335 e. The van der Waals surface area contributed by atoms with Gasteiger partial charge < -0.3 is 14.7 Å². The van der Waals surface area contributed by atoms with Crippen molar-refractivity contribution in [1.29, 1.82) is 0 Å². The van der Waals surface area contributed by atoms with E-state index in [4.69, 9.17) is 16.3 Å². The van der Waals surface area contributed by atoms with Crippen LogP contribution in [0.3, 0.4) is 0 Å². The van der Waals surface area contributed by atoms with Crippen LogP contribution in [-0.2, 0) is 27.9 Å². The van der Waals surface area contributed by atoms with Crippen LogP contribution in [0.5, 0.6) is 5.75 Å². The topological polar surface area (TPSA) is 104 Å². The third kappa shape index (κ3) is 7.93. The number of carboxylic acids is 1. The molecule has 0 aromatic heterocycles. The van der Waals surface area contributed by atoms with E-state index in [0.717, 1.165) is 55.0 Å². The second-order valence-electron chi connectivity index (χ2n) is 12.8. The van der Waals surface area contributed by atoms with Crippen LogP contribution in [0, 0.1) is 29.1 Å². The third-order valence-electron chi connectivity index (χ3n) is 8.93. The number of anilines is 1. The predicted octanol–water partition coefficient (Wildman–Crippen LogP) is 8.31. The molecule has 2 aliphatic rings. The van der Waals surface area contributed by atoms with E-state index in [0.29, 0.717) is 21.7 Å². The van der Waals surface area contributed by atoms with E-state index in [1.54, 1.807) is 6.92 Å². The minimum absolute atomic E-state index is 0.0128. The molecule has 1 N–H and O–H groups in total. The van der Waals surface area contributed by atoms with Crippen LogP contribution in [0.15, 0.2) is 65.6 Å². The summed E-state index contributed by atoms with van der Waals surface area (Å²) in [5, 5.41) is 9.38. The van der Waals surface area contributed by atoms with Gasteiger partial charge in [0, 0.05) is 17.6 Å². The fourth-order valence-electron chi connectivity index (χ4n) is 5.95. The normalized spacial score (nSPS) is 14.5. The molecule has 274 valence electrons. The number of sulfonamides is 1. The molecule has 0 heterocycles. The lowest BCUT2D eigenvalue weighted by Gasteiger charge is -2.29. The number of halogens is 6. The van der Waals surface area contributed by atoms with Crippen molar-refractivity contribution in [2.45, 2.75) is 62.4 Å². The van der Waals surface area contributed by atoms with E-state index in [1.165, 1.54) is 23.1 Å². The molecular weight excluding hydrogens is 731 g/mol. The van der Waals surface area contributed by atoms with Gasteiger partial charge in [-0.2, -0.15) is 4.31 Å². The van der Waals surface area contributed by atoms with Crippen molar-refractivity contribution in [3.05, 3.63) is 123 Å². The molecule has 0 saturated heterocycles. The van der Waals surface area contributed by atoms with Gasteiger partial charge in [0.1, 0.15) is 16.5 Å². The molecule has 8 nitrogen and oxygen atoms in total. The largest absolute Gasteiger partial charge is 0.492 e. The smallest absolute Gasteiger partial charge is 0.335 e. The molecular formula is C37H32ClF5N2O6S. The highest BCUT2D eigenvalue weighted by Gasteiger charge is 2.36. The van der Waals surface area contributed by atoms with Crippen molar-refractivity contribution in [3.63, 3.8) is 0 Å². The third-order valence-corrected chi connectivity index (χ3v) is 11.1. The Hall–Kier alpha value is -4.53. The van der Waals surface area contributed by atoms with Gasteiger partial charge in [0.25, 0.3) is 0 Å². The summed E-state index contributed by atoms with van der Waals surface area (Å²) in [6.07, 6.45) is 4.00. The van der Waals surface area contributed by atoms with Crippen LogP contribution in [0.2, 0.25) is 5.02 Å². The number of aromatic carboxylic acids is 1. The number of carboxylic acid groups (broad SMARTS) is 1. The Labute approximate surface area is 301 Å². The van der Waals surface area contributed by atoms with E-state index >= 15 is 4.39 Å². The first-order chi connectivity index (χ1) is 24.7.